The zero-order valence-corrected chi connectivity index (χ0v) is 17.9. The predicted octanol–water partition coefficient (Wildman–Crippen LogP) is 3.81. The number of rotatable bonds is 4. The summed E-state index contributed by atoms with van der Waals surface area (Å²) in [6.45, 7) is 5.41. The van der Waals surface area contributed by atoms with E-state index in [1.807, 2.05) is 0 Å². The Labute approximate surface area is 175 Å². The summed E-state index contributed by atoms with van der Waals surface area (Å²) in [5, 5.41) is 0. The van der Waals surface area contributed by atoms with Gasteiger partial charge in [-0.05, 0) is 57.4 Å². The number of likely N-dealkylation sites (tertiary alicyclic amines) is 1. The van der Waals surface area contributed by atoms with E-state index in [1.54, 1.807) is 32.9 Å². The maximum Gasteiger partial charge on any atom is 0.410 e. The van der Waals surface area contributed by atoms with Crippen molar-refractivity contribution in [2.24, 2.45) is 5.92 Å². The van der Waals surface area contributed by atoms with Crippen LogP contribution in [0.5, 0.6) is 0 Å². The van der Waals surface area contributed by atoms with Crippen LogP contribution in [0, 0.1) is 11.7 Å². The Morgan fingerprint density at radius 1 is 1.13 bits per heavy atom. The highest BCUT2D eigenvalue weighted by Crippen LogP contribution is 2.27. The highest BCUT2D eigenvalue weighted by atomic mass is 19.1. The van der Waals surface area contributed by atoms with Crippen LogP contribution in [0.3, 0.4) is 0 Å². The molecule has 1 aromatic carbocycles. The molecule has 30 heavy (non-hydrogen) atoms. The lowest BCUT2D eigenvalue weighted by molar-refractivity contribution is -0.147. The Morgan fingerprint density at radius 3 is 2.43 bits per heavy atom. The minimum atomic E-state index is -0.704. The summed E-state index contributed by atoms with van der Waals surface area (Å²) in [6, 6.07) is 3.36. The Balaban J connectivity index is 2.31. The van der Waals surface area contributed by atoms with Gasteiger partial charge in [-0.1, -0.05) is 12.2 Å². The number of carbonyl (C=O) groups excluding carboxylic acids is 3. The number of halogens is 1. The van der Waals surface area contributed by atoms with Crippen LogP contribution in [-0.4, -0.2) is 55.3 Å². The predicted molar refractivity (Wildman–Crippen MR) is 108 cm³/mol. The molecule has 2 rings (SSSR count). The van der Waals surface area contributed by atoms with Crippen molar-refractivity contribution in [2.75, 3.05) is 20.8 Å². The fourth-order valence-electron chi connectivity index (χ4n) is 3.26. The number of ether oxygens (including phenoxy) is 3. The second kappa shape index (κ2) is 9.73. The zero-order valence-electron chi connectivity index (χ0n) is 17.9. The molecule has 7 nitrogen and oxygen atoms in total. The topological polar surface area (TPSA) is 82.1 Å². The van der Waals surface area contributed by atoms with E-state index in [-0.39, 0.29) is 18.1 Å². The minimum Gasteiger partial charge on any atom is -0.469 e. The largest absolute Gasteiger partial charge is 0.469 e. The Hall–Kier alpha value is -2.90. The van der Waals surface area contributed by atoms with E-state index >= 15 is 0 Å². The standard InChI is InChI=1S/C22H28FNO6/c1-22(2,3)30-21(27)24-13-15(19(25)28-4)7-10-17(24)9-6-14-12-16(23)8-11-18(14)20(26)29-5/h6,8-9,11-12,15,17H,7,10,13H2,1-5H3. The van der Waals surface area contributed by atoms with Gasteiger partial charge in [0.2, 0.25) is 0 Å². The number of esters is 2. The van der Waals surface area contributed by atoms with Gasteiger partial charge in [0.1, 0.15) is 11.4 Å². The van der Waals surface area contributed by atoms with E-state index in [4.69, 9.17) is 14.2 Å². The average Bonchev–Trinajstić information content (AvgIpc) is 2.69. The first-order chi connectivity index (χ1) is 14.1. The summed E-state index contributed by atoms with van der Waals surface area (Å²) in [5.41, 5.74) is -0.159. The van der Waals surface area contributed by atoms with Crippen molar-refractivity contribution in [2.45, 2.75) is 45.3 Å². The molecule has 1 aliphatic rings. The molecule has 8 heteroatoms. The zero-order chi connectivity index (χ0) is 22.5. The van der Waals surface area contributed by atoms with Gasteiger partial charge in [0.25, 0.3) is 0 Å². The molecular weight excluding hydrogens is 393 g/mol. The van der Waals surface area contributed by atoms with Gasteiger partial charge < -0.3 is 19.1 Å². The first-order valence-corrected chi connectivity index (χ1v) is 9.69. The van der Waals surface area contributed by atoms with Gasteiger partial charge in [0.05, 0.1) is 31.7 Å². The molecule has 0 aromatic heterocycles. The number of amides is 1. The fraction of sp³-hybridized carbons (Fsp3) is 0.500. The number of benzene rings is 1. The third-order valence-electron chi connectivity index (χ3n) is 4.71. The number of carbonyl (C=O) groups is 3. The number of hydrogen-bond donors (Lipinski definition) is 0. The quantitative estimate of drug-likeness (QED) is 0.543. The molecule has 1 heterocycles. The molecule has 1 aromatic rings. The van der Waals surface area contributed by atoms with E-state index < -0.39 is 35.4 Å². The first-order valence-electron chi connectivity index (χ1n) is 9.69. The highest BCUT2D eigenvalue weighted by molar-refractivity contribution is 5.93. The monoisotopic (exact) mass is 421 g/mol. The van der Waals surface area contributed by atoms with Crippen molar-refractivity contribution in [1.29, 1.82) is 0 Å². The SMILES string of the molecule is COC(=O)c1ccc(F)cc1C=CC1CCC(C(=O)OC)CN1C(=O)OC(C)(C)C. The van der Waals surface area contributed by atoms with Gasteiger partial charge in [-0.25, -0.2) is 14.0 Å². The second-order valence-electron chi connectivity index (χ2n) is 8.08. The average molecular weight is 421 g/mol. The van der Waals surface area contributed by atoms with Crippen LogP contribution in [0.25, 0.3) is 6.08 Å². The van der Waals surface area contributed by atoms with Crippen molar-refractivity contribution >= 4 is 24.1 Å². The van der Waals surface area contributed by atoms with E-state index in [0.717, 1.165) is 0 Å². The number of hydrogen-bond acceptors (Lipinski definition) is 6. The Bertz CT molecular complexity index is 829. The fourth-order valence-corrected chi connectivity index (χ4v) is 3.26. The van der Waals surface area contributed by atoms with E-state index in [9.17, 15) is 18.8 Å². The molecule has 0 N–H and O–H groups in total. The van der Waals surface area contributed by atoms with Crippen LogP contribution in [0.1, 0.15) is 49.5 Å². The number of piperidine rings is 1. The molecule has 2 atom stereocenters. The summed E-state index contributed by atoms with van der Waals surface area (Å²) in [7, 11) is 2.56. The summed E-state index contributed by atoms with van der Waals surface area (Å²) >= 11 is 0. The molecular formula is C22H28FNO6. The van der Waals surface area contributed by atoms with Crippen molar-refractivity contribution in [3.63, 3.8) is 0 Å². The van der Waals surface area contributed by atoms with E-state index in [2.05, 4.69) is 0 Å². The van der Waals surface area contributed by atoms with Crippen molar-refractivity contribution in [3.05, 3.63) is 41.2 Å². The van der Waals surface area contributed by atoms with Crippen LogP contribution in [0.15, 0.2) is 24.3 Å². The molecule has 0 spiro atoms. The molecule has 1 aliphatic heterocycles. The lowest BCUT2D eigenvalue weighted by Crippen LogP contribution is -2.49. The molecule has 0 aliphatic carbocycles. The third kappa shape index (κ3) is 6.05. The van der Waals surface area contributed by atoms with E-state index in [0.29, 0.717) is 18.4 Å². The van der Waals surface area contributed by atoms with Crippen molar-refractivity contribution in [3.8, 4) is 0 Å². The maximum absolute atomic E-state index is 13.7. The normalized spacial score (nSPS) is 19.5. The van der Waals surface area contributed by atoms with Crippen molar-refractivity contribution in [1.82, 2.24) is 4.90 Å². The highest BCUT2D eigenvalue weighted by Gasteiger charge is 2.36. The summed E-state index contributed by atoms with van der Waals surface area (Å²) < 4.78 is 28.8. The summed E-state index contributed by atoms with van der Waals surface area (Å²) in [6.07, 6.45) is 3.74. The summed E-state index contributed by atoms with van der Waals surface area (Å²) in [5.74, 6) is -1.93. The lowest BCUT2D eigenvalue weighted by Gasteiger charge is -2.38. The molecule has 0 bridgehead atoms. The summed E-state index contributed by atoms with van der Waals surface area (Å²) in [4.78, 5) is 38.2. The van der Waals surface area contributed by atoms with Crippen LogP contribution in [0.2, 0.25) is 0 Å². The smallest absolute Gasteiger partial charge is 0.410 e. The molecule has 1 saturated heterocycles. The van der Waals surface area contributed by atoms with Crippen LogP contribution in [0.4, 0.5) is 9.18 Å². The number of methoxy groups -OCH3 is 2. The van der Waals surface area contributed by atoms with Crippen molar-refractivity contribution < 1.29 is 33.0 Å². The maximum atomic E-state index is 13.7. The molecule has 1 fully saturated rings. The first kappa shape index (κ1) is 23.4. The van der Waals surface area contributed by atoms with Gasteiger partial charge in [-0.3, -0.25) is 4.79 Å². The lowest BCUT2D eigenvalue weighted by atomic mass is 9.92. The van der Waals surface area contributed by atoms with E-state index in [1.165, 1.54) is 37.3 Å². The third-order valence-corrected chi connectivity index (χ3v) is 4.71. The Kier molecular flexibility index (Phi) is 7.59. The van der Waals surface area contributed by atoms with Crippen LogP contribution < -0.4 is 0 Å². The second-order valence-corrected chi connectivity index (χ2v) is 8.08. The number of nitrogens with zero attached hydrogens (tertiary/aromatic N) is 1. The van der Waals surface area contributed by atoms with Gasteiger partial charge in [-0.15, -0.1) is 0 Å². The molecule has 2 unspecified atom stereocenters. The molecule has 0 saturated carbocycles. The minimum absolute atomic E-state index is 0.142. The van der Waals surface area contributed by atoms with Gasteiger partial charge in [0.15, 0.2) is 0 Å². The Morgan fingerprint density at radius 2 is 1.83 bits per heavy atom. The molecule has 1 amide bonds. The van der Waals surface area contributed by atoms with Gasteiger partial charge in [-0.2, -0.15) is 0 Å². The molecule has 0 radical (unpaired) electrons. The molecule has 164 valence electrons. The van der Waals surface area contributed by atoms with Crippen LogP contribution in [-0.2, 0) is 19.0 Å². The van der Waals surface area contributed by atoms with Gasteiger partial charge >= 0.3 is 18.0 Å². The van der Waals surface area contributed by atoms with Crippen LogP contribution >= 0.6 is 0 Å². The van der Waals surface area contributed by atoms with Gasteiger partial charge in [0, 0.05) is 6.54 Å².